The van der Waals surface area contributed by atoms with Crippen molar-refractivity contribution >= 4 is 17.5 Å². The predicted molar refractivity (Wildman–Crippen MR) is 95.6 cm³/mol. The lowest BCUT2D eigenvalue weighted by molar-refractivity contribution is -0.136. The summed E-state index contributed by atoms with van der Waals surface area (Å²) in [4.78, 5) is 23.7. The van der Waals surface area contributed by atoms with Gasteiger partial charge in [-0.1, -0.05) is 13.0 Å². The Balaban J connectivity index is 1.98. The van der Waals surface area contributed by atoms with E-state index < -0.39 is 35.0 Å². The summed E-state index contributed by atoms with van der Waals surface area (Å²) in [7, 11) is 1.47. The number of benzene rings is 2. The number of carbonyl (C=O) groups excluding carboxylic acids is 2. The van der Waals surface area contributed by atoms with E-state index >= 15 is 0 Å². The third kappa shape index (κ3) is 5.15. The van der Waals surface area contributed by atoms with Crippen molar-refractivity contribution in [1.82, 2.24) is 5.32 Å². The topological polar surface area (TPSA) is 76.7 Å². The van der Waals surface area contributed by atoms with Crippen LogP contribution in [-0.4, -0.2) is 25.5 Å². The quantitative estimate of drug-likeness (QED) is 0.557. The molecule has 0 aromatic heterocycles. The van der Waals surface area contributed by atoms with Gasteiger partial charge in [0, 0.05) is 6.54 Å². The number of ether oxygens (including phenoxy) is 2. The molecule has 9 heteroatoms. The average Bonchev–Trinajstić information content (AvgIpc) is 2.70. The molecule has 6 nitrogen and oxygen atoms in total. The number of rotatable bonds is 7. The second-order valence-electron chi connectivity index (χ2n) is 5.69. The van der Waals surface area contributed by atoms with Crippen LogP contribution < -0.4 is 20.1 Å². The number of anilines is 1. The molecule has 0 aliphatic heterocycles. The van der Waals surface area contributed by atoms with Gasteiger partial charge in [0.25, 0.3) is 0 Å². The highest BCUT2D eigenvalue weighted by Gasteiger charge is 2.19. The first-order chi connectivity index (χ1) is 13.4. The van der Waals surface area contributed by atoms with Gasteiger partial charge in [-0.05, 0) is 36.2 Å². The van der Waals surface area contributed by atoms with E-state index in [4.69, 9.17) is 9.47 Å². The maximum Gasteiger partial charge on any atom is 0.313 e. The van der Waals surface area contributed by atoms with Crippen LogP contribution >= 0.6 is 0 Å². The Morgan fingerprint density at radius 1 is 1.00 bits per heavy atom. The highest BCUT2D eigenvalue weighted by Crippen LogP contribution is 2.28. The summed E-state index contributed by atoms with van der Waals surface area (Å²) in [6, 6.07) is 6.45. The second-order valence-corrected chi connectivity index (χ2v) is 5.69. The number of hydrogen-bond acceptors (Lipinski definition) is 4. The fourth-order valence-corrected chi connectivity index (χ4v) is 2.22. The van der Waals surface area contributed by atoms with Gasteiger partial charge in [0.05, 0.1) is 19.4 Å². The molecule has 0 heterocycles. The van der Waals surface area contributed by atoms with Crippen LogP contribution in [0.15, 0.2) is 30.3 Å². The van der Waals surface area contributed by atoms with Crippen molar-refractivity contribution in [2.75, 3.05) is 19.0 Å². The first-order valence-electron chi connectivity index (χ1n) is 8.39. The van der Waals surface area contributed by atoms with Crippen LogP contribution in [0.2, 0.25) is 0 Å². The summed E-state index contributed by atoms with van der Waals surface area (Å²) in [6.45, 7) is 2.47. The molecule has 0 bridgehead atoms. The summed E-state index contributed by atoms with van der Waals surface area (Å²) >= 11 is 0. The molecule has 2 N–H and O–H groups in total. The Morgan fingerprint density at radius 2 is 1.75 bits per heavy atom. The lowest BCUT2D eigenvalue weighted by atomic mass is 10.2. The highest BCUT2D eigenvalue weighted by molar-refractivity contribution is 6.39. The van der Waals surface area contributed by atoms with Crippen molar-refractivity contribution in [3.63, 3.8) is 0 Å². The predicted octanol–water partition coefficient (Wildman–Crippen LogP) is 3.16. The Hall–Kier alpha value is -3.23. The summed E-state index contributed by atoms with van der Waals surface area (Å²) in [6.07, 6.45) is 0.828. The van der Waals surface area contributed by atoms with E-state index in [0.29, 0.717) is 29.7 Å². The molecule has 0 aliphatic carbocycles. The van der Waals surface area contributed by atoms with E-state index in [2.05, 4.69) is 5.32 Å². The molecule has 0 aliphatic rings. The van der Waals surface area contributed by atoms with Crippen LogP contribution in [0, 0.1) is 17.5 Å². The standard InChI is InChI=1S/C19H19F3N2O4/c1-3-8-28-14-7-4-11(9-15(14)27-2)10-23-18(25)19(26)24-13-6-5-12(20)16(21)17(13)22/h4-7,9H,3,8,10H2,1-2H3,(H,23,25)(H,24,26). The van der Waals surface area contributed by atoms with Gasteiger partial charge in [-0.25, -0.2) is 13.2 Å². The van der Waals surface area contributed by atoms with E-state index in [1.807, 2.05) is 12.2 Å². The Bertz CT molecular complexity index is 874. The monoisotopic (exact) mass is 396 g/mol. The summed E-state index contributed by atoms with van der Waals surface area (Å²) < 4.78 is 50.4. The Kier molecular flexibility index (Phi) is 7.25. The number of amides is 2. The van der Waals surface area contributed by atoms with Gasteiger partial charge in [0.1, 0.15) is 0 Å². The zero-order valence-corrected chi connectivity index (χ0v) is 15.3. The summed E-state index contributed by atoms with van der Waals surface area (Å²) in [5.74, 6) is -6.02. The molecule has 0 saturated heterocycles. The van der Waals surface area contributed by atoms with Crippen molar-refractivity contribution in [3.05, 3.63) is 53.3 Å². The molecule has 0 atom stereocenters. The number of halogens is 3. The van der Waals surface area contributed by atoms with E-state index in [1.54, 1.807) is 18.2 Å². The van der Waals surface area contributed by atoms with Gasteiger partial charge in [0.15, 0.2) is 29.0 Å². The van der Waals surface area contributed by atoms with Gasteiger partial charge >= 0.3 is 11.8 Å². The van der Waals surface area contributed by atoms with Gasteiger partial charge < -0.3 is 20.1 Å². The molecule has 2 rings (SSSR count). The van der Waals surface area contributed by atoms with Crippen LogP contribution in [0.3, 0.4) is 0 Å². The minimum Gasteiger partial charge on any atom is -0.493 e. The van der Waals surface area contributed by atoms with Gasteiger partial charge in [-0.15, -0.1) is 0 Å². The smallest absolute Gasteiger partial charge is 0.313 e. The molecule has 150 valence electrons. The maximum absolute atomic E-state index is 13.6. The molecule has 2 aromatic carbocycles. The molecular weight excluding hydrogens is 377 g/mol. The first-order valence-corrected chi connectivity index (χ1v) is 8.39. The van der Waals surface area contributed by atoms with Gasteiger partial charge in [-0.3, -0.25) is 9.59 Å². The molecule has 0 radical (unpaired) electrons. The molecule has 0 fully saturated rings. The third-order valence-corrected chi connectivity index (χ3v) is 3.63. The number of methoxy groups -OCH3 is 1. The minimum atomic E-state index is -1.74. The number of hydrogen-bond donors (Lipinski definition) is 2. The van der Waals surface area contributed by atoms with E-state index in [9.17, 15) is 22.8 Å². The fourth-order valence-electron chi connectivity index (χ4n) is 2.22. The third-order valence-electron chi connectivity index (χ3n) is 3.63. The van der Waals surface area contributed by atoms with Crippen molar-refractivity contribution in [2.45, 2.75) is 19.9 Å². The molecule has 28 heavy (non-hydrogen) atoms. The zero-order chi connectivity index (χ0) is 20.7. The normalized spacial score (nSPS) is 10.3. The van der Waals surface area contributed by atoms with Crippen LogP contribution in [0.5, 0.6) is 11.5 Å². The van der Waals surface area contributed by atoms with Crippen molar-refractivity contribution in [1.29, 1.82) is 0 Å². The number of nitrogens with one attached hydrogen (secondary N) is 2. The van der Waals surface area contributed by atoms with E-state index in [-0.39, 0.29) is 6.54 Å². The van der Waals surface area contributed by atoms with Crippen LogP contribution in [-0.2, 0) is 16.1 Å². The lowest BCUT2D eigenvalue weighted by Gasteiger charge is -2.12. The molecule has 0 saturated carbocycles. The van der Waals surface area contributed by atoms with E-state index in [1.165, 1.54) is 7.11 Å². The van der Waals surface area contributed by atoms with Crippen molar-refractivity contribution in [2.24, 2.45) is 0 Å². The minimum absolute atomic E-state index is 0.0169. The SMILES string of the molecule is CCCOc1ccc(CNC(=O)C(=O)Nc2ccc(F)c(F)c2F)cc1OC. The lowest BCUT2D eigenvalue weighted by Crippen LogP contribution is -2.35. The van der Waals surface area contributed by atoms with Gasteiger partial charge in [-0.2, -0.15) is 0 Å². The van der Waals surface area contributed by atoms with Crippen LogP contribution in [0.25, 0.3) is 0 Å². The molecule has 0 unspecified atom stereocenters. The molecule has 0 spiro atoms. The molecule has 2 amide bonds. The van der Waals surface area contributed by atoms with E-state index in [0.717, 1.165) is 12.5 Å². The fraction of sp³-hybridized carbons (Fsp3) is 0.263. The summed E-state index contributed by atoms with van der Waals surface area (Å²) in [5.41, 5.74) is -0.0148. The zero-order valence-electron chi connectivity index (χ0n) is 15.3. The largest absolute Gasteiger partial charge is 0.493 e. The average molecular weight is 396 g/mol. The molecular formula is C19H19F3N2O4. The Labute approximate surface area is 159 Å². The Morgan fingerprint density at radius 3 is 2.43 bits per heavy atom. The van der Waals surface area contributed by atoms with Crippen LogP contribution in [0.1, 0.15) is 18.9 Å². The molecule has 2 aromatic rings. The second kappa shape index (κ2) is 9.63. The highest BCUT2D eigenvalue weighted by atomic mass is 19.2. The first kappa shape index (κ1) is 21.1. The number of carbonyl (C=O) groups is 2. The summed E-state index contributed by atoms with van der Waals surface area (Å²) in [5, 5.41) is 4.23. The van der Waals surface area contributed by atoms with Crippen LogP contribution in [0.4, 0.5) is 18.9 Å². The van der Waals surface area contributed by atoms with Crippen molar-refractivity contribution < 1.29 is 32.2 Å². The van der Waals surface area contributed by atoms with Gasteiger partial charge in [0.2, 0.25) is 0 Å². The van der Waals surface area contributed by atoms with Crippen molar-refractivity contribution in [3.8, 4) is 11.5 Å². The maximum atomic E-state index is 13.6.